The van der Waals surface area contributed by atoms with E-state index >= 15 is 0 Å². The molecule has 210 valence electrons. The lowest BCUT2D eigenvalue weighted by molar-refractivity contribution is -0.139. The van der Waals surface area contributed by atoms with Crippen molar-refractivity contribution in [2.45, 2.75) is 64.2 Å². The maximum absolute atomic E-state index is 14.9. The molecule has 1 aromatic heterocycles. The van der Waals surface area contributed by atoms with Crippen LogP contribution in [-0.4, -0.2) is 46.3 Å². The van der Waals surface area contributed by atoms with Crippen molar-refractivity contribution in [1.29, 1.82) is 0 Å². The number of alkyl halides is 3. The van der Waals surface area contributed by atoms with Gasteiger partial charge in [-0.3, -0.25) is 14.4 Å². The Morgan fingerprint density at radius 1 is 1.15 bits per heavy atom. The maximum Gasteiger partial charge on any atom is 0.405 e. The molecule has 8 nitrogen and oxygen atoms in total. The molecule has 1 aromatic carbocycles. The number of aromatic nitrogens is 2. The fourth-order valence-electron chi connectivity index (χ4n) is 4.57. The van der Waals surface area contributed by atoms with Gasteiger partial charge in [-0.1, -0.05) is 31.8 Å². The van der Waals surface area contributed by atoms with Crippen LogP contribution in [0.2, 0.25) is 0 Å². The summed E-state index contributed by atoms with van der Waals surface area (Å²) in [6.45, 7) is 2.03. The first-order chi connectivity index (χ1) is 18.4. The predicted molar refractivity (Wildman–Crippen MR) is 136 cm³/mol. The zero-order valence-corrected chi connectivity index (χ0v) is 21.6. The molecule has 2 atom stereocenters. The molecule has 0 aliphatic heterocycles. The Balaban J connectivity index is 1.75. The first-order valence-corrected chi connectivity index (χ1v) is 12.6. The molecule has 0 saturated heterocycles. The van der Waals surface area contributed by atoms with Gasteiger partial charge in [0.1, 0.15) is 30.6 Å². The molecule has 12 heteroatoms. The molecule has 1 aliphatic rings. The van der Waals surface area contributed by atoms with Crippen molar-refractivity contribution in [2.75, 3.05) is 11.9 Å². The Morgan fingerprint density at radius 2 is 1.85 bits per heavy atom. The number of benzene rings is 1. The van der Waals surface area contributed by atoms with Crippen LogP contribution in [0, 0.1) is 30.0 Å². The largest absolute Gasteiger partial charge is 0.405 e. The minimum atomic E-state index is -4.57. The van der Waals surface area contributed by atoms with Gasteiger partial charge >= 0.3 is 6.18 Å². The zero-order valence-electron chi connectivity index (χ0n) is 21.6. The number of hydrogen-bond acceptors (Lipinski definition) is 4. The van der Waals surface area contributed by atoms with Crippen LogP contribution in [0.3, 0.4) is 0 Å². The predicted octanol–water partition coefficient (Wildman–Crippen LogP) is 4.00. The number of terminal acetylenes is 1. The summed E-state index contributed by atoms with van der Waals surface area (Å²) in [5.74, 6) is -1.30. The molecule has 0 bridgehead atoms. The van der Waals surface area contributed by atoms with Gasteiger partial charge in [0.25, 0.3) is 5.91 Å². The van der Waals surface area contributed by atoms with E-state index in [-0.39, 0.29) is 29.4 Å². The first-order valence-electron chi connectivity index (χ1n) is 12.6. The number of nitrogens with zero attached hydrogens (tertiary/aromatic N) is 2. The Bertz CT molecular complexity index is 1230. The number of nitrogens with one attached hydrogen (secondary N) is 3. The fraction of sp³-hybridized carbons (Fsp3) is 0.481. The summed E-state index contributed by atoms with van der Waals surface area (Å²) in [7, 11) is 0. The lowest BCUT2D eigenvalue weighted by Crippen LogP contribution is -2.49. The topological polar surface area (TPSA) is 105 Å². The van der Waals surface area contributed by atoms with Crippen LogP contribution in [0.25, 0.3) is 0 Å². The molecule has 1 unspecified atom stereocenters. The molecular formula is C27H31F4N5O3. The molecule has 0 radical (unpaired) electrons. The third-order valence-corrected chi connectivity index (χ3v) is 6.90. The van der Waals surface area contributed by atoms with Gasteiger partial charge in [0, 0.05) is 6.20 Å². The van der Waals surface area contributed by atoms with Crippen LogP contribution in [0.15, 0.2) is 30.5 Å². The molecule has 1 aliphatic carbocycles. The number of amides is 3. The van der Waals surface area contributed by atoms with Crippen LogP contribution in [0.4, 0.5) is 23.2 Å². The van der Waals surface area contributed by atoms with Gasteiger partial charge in [-0.05, 0) is 55.4 Å². The zero-order chi connectivity index (χ0) is 28.7. The number of hydrogen-bond donors (Lipinski definition) is 3. The smallest absolute Gasteiger partial charge is 0.346 e. The Labute approximate surface area is 223 Å². The van der Waals surface area contributed by atoms with E-state index in [9.17, 15) is 31.9 Å². The van der Waals surface area contributed by atoms with Gasteiger partial charge in [-0.2, -0.15) is 18.3 Å². The molecule has 3 N–H and O–H groups in total. The van der Waals surface area contributed by atoms with Gasteiger partial charge in [-0.15, -0.1) is 6.42 Å². The number of carbonyl (C=O) groups is 3. The summed E-state index contributed by atoms with van der Waals surface area (Å²) in [5.41, 5.74) is 0.133. The molecule has 3 rings (SSSR count). The van der Waals surface area contributed by atoms with Crippen LogP contribution in [0.5, 0.6) is 0 Å². The van der Waals surface area contributed by atoms with E-state index < -0.39 is 48.2 Å². The van der Waals surface area contributed by atoms with Gasteiger partial charge in [-0.25, -0.2) is 9.07 Å². The van der Waals surface area contributed by atoms with Crippen LogP contribution in [-0.2, 0) is 16.1 Å². The second kappa shape index (κ2) is 12.8. The highest BCUT2D eigenvalue weighted by Crippen LogP contribution is 2.31. The summed E-state index contributed by atoms with van der Waals surface area (Å²) in [6.07, 6.45) is 5.31. The Kier molecular flexibility index (Phi) is 9.72. The quantitative estimate of drug-likeness (QED) is 0.325. The fourth-order valence-corrected chi connectivity index (χ4v) is 4.57. The third kappa shape index (κ3) is 8.05. The lowest BCUT2D eigenvalue weighted by atomic mass is 9.79. The summed E-state index contributed by atoms with van der Waals surface area (Å²) in [4.78, 5) is 38.4. The summed E-state index contributed by atoms with van der Waals surface area (Å²) < 4.78 is 53.5. The van der Waals surface area contributed by atoms with Crippen LogP contribution >= 0.6 is 0 Å². The van der Waals surface area contributed by atoms with E-state index in [1.54, 1.807) is 5.32 Å². The molecule has 0 spiro atoms. The van der Waals surface area contributed by atoms with Crippen molar-refractivity contribution < 1.29 is 31.9 Å². The van der Waals surface area contributed by atoms with Gasteiger partial charge in [0.2, 0.25) is 11.8 Å². The first kappa shape index (κ1) is 29.7. The summed E-state index contributed by atoms with van der Waals surface area (Å²) in [6, 6.07) is 4.09. The van der Waals surface area contributed by atoms with E-state index in [0.717, 1.165) is 18.9 Å². The highest BCUT2D eigenvalue weighted by molar-refractivity contribution is 6.00. The third-order valence-electron chi connectivity index (χ3n) is 6.90. The molecule has 3 amide bonds. The number of carbonyl (C=O) groups excluding carboxylic acids is 3. The molecule has 2 aromatic rings. The van der Waals surface area contributed by atoms with Gasteiger partial charge in [0.05, 0.1) is 11.6 Å². The van der Waals surface area contributed by atoms with E-state index in [0.29, 0.717) is 18.8 Å². The summed E-state index contributed by atoms with van der Waals surface area (Å²) >= 11 is 0. The number of halogens is 4. The van der Waals surface area contributed by atoms with Crippen molar-refractivity contribution in [3.05, 3.63) is 47.5 Å². The molecule has 1 fully saturated rings. The Morgan fingerprint density at radius 3 is 2.46 bits per heavy atom. The van der Waals surface area contributed by atoms with Crippen molar-refractivity contribution in [2.24, 2.45) is 11.8 Å². The molecule has 1 heterocycles. The average molecular weight is 550 g/mol. The van der Waals surface area contributed by atoms with Gasteiger partial charge in [0.15, 0.2) is 0 Å². The van der Waals surface area contributed by atoms with E-state index in [2.05, 4.69) is 28.6 Å². The van der Waals surface area contributed by atoms with Crippen molar-refractivity contribution in [3.8, 4) is 12.3 Å². The normalized spacial score (nSPS) is 18.9. The van der Waals surface area contributed by atoms with Crippen molar-refractivity contribution in [3.63, 3.8) is 0 Å². The minimum absolute atomic E-state index is 0.0672. The standard InChI is InChI=1S/C27H31F4N5O3/c1-4-13-36-22(11-12-33-36)25(38)35-23(18-7-5-16(2)6-8-18)26(39)34-21-10-9-19(14-20(21)28)17(3)24(37)32-15-27(29,30)31/h1,9-12,14,16-18,23H,5-8,13,15H2,2-3H3,(H,32,37)(H,34,39)(H,35,38)/t16?,17?,18?,23-/m0/s1. The van der Waals surface area contributed by atoms with Crippen LogP contribution < -0.4 is 16.0 Å². The number of rotatable bonds is 9. The average Bonchev–Trinajstić information content (AvgIpc) is 3.35. The van der Waals surface area contributed by atoms with E-state index in [4.69, 9.17) is 6.42 Å². The highest BCUT2D eigenvalue weighted by Gasteiger charge is 2.34. The summed E-state index contributed by atoms with van der Waals surface area (Å²) in [5, 5.41) is 11.1. The van der Waals surface area contributed by atoms with Gasteiger partial charge < -0.3 is 16.0 Å². The highest BCUT2D eigenvalue weighted by atomic mass is 19.4. The second-order valence-corrected chi connectivity index (χ2v) is 9.83. The van der Waals surface area contributed by atoms with Crippen LogP contribution in [0.1, 0.15) is 61.5 Å². The lowest BCUT2D eigenvalue weighted by Gasteiger charge is -2.32. The molecular weight excluding hydrogens is 518 g/mol. The minimum Gasteiger partial charge on any atom is -0.346 e. The van der Waals surface area contributed by atoms with Crippen molar-refractivity contribution in [1.82, 2.24) is 20.4 Å². The second-order valence-electron chi connectivity index (χ2n) is 9.83. The maximum atomic E-state index is 14.9. The monoisotopic (exact) mass is 549 g/mol. The van der Waals surface area contributed by atoms with Crippen molar-refractivity contribution >= 4 is 23.4 Å². The number of anilines is 1. The van der Waals surface area contributed by atoms with E-state index in [1.165, 1.54) is 36.0 Å². The molecule has 39 heavy (non-hydrogen) atoms. The SMILES string of the molecule is C#CCn1nccc1C(=O)N[C@H](C(=O)Nc1ccc(C(C)C(=O)NCC(F)(F)F)cc1F)C1CCC(C)CC1. The molecule has 1 saturated carbocycles. The Hall–Kier alpha value is -3.88. The van der Waals surface area contributed by atoms with E-state index in [1.807, 2.05) is 0 Å².